The highest BCUT2D eigenvalue weighted by molar-refractivity contribution is 5.76. The lowest BCUT2D eigenvalue weighted by molar-refractivity contribution is -0.202. The Morgan fingerprint density at radius 2 is 1.28 bits per heavy atom. The van der Waals surface area contributed by atoms with Crippen molar-refractivity contribution in [1.82, 2.24) is 5.32 Å². The Hall–Kier alpha value is -1.14. The number of aliphatic hydroxyl groups is 2. The Labute approximate surface area is 307 Å². The van der Waals surface area contributed by atoms with Crippen molar-refractivity contribution in [2.75, 3.05) is 0 Å². The third-order valence-electron chi connectivity index (χ3n) is 15.2. The number of hydrogen-bond acceptors (Lipinski definition) is 4. The van der Waals surface area contributed by atoms with Crippen molar-refractivity contribution in [3.8, 4) is 0 Å². The number of carboxylic acids is 1. The summed E-state index contributed by atoms with van der Waals surface area (Å²) in [6.45, 7) is 9.13. The summed E-state index contributed by atoms with van der Waals surface area (Å²) in [5.74, 6) is 1.14. The Kier molecular flexibility index (Phi) is 16.9. The monoisotopic (exact) mass is 702 g/mol. The van der Waals surface area contributed by atoms with E-state index < -0.39 is 12.1 Å². The molecule has 0 bridgehead atoms. The molecule has 4 rings (SSSR count). The minimum Gasteiger partial charge on any atom is -0.481 e. The number of carbonyl (C=O) groups excluding carboxylic acids is 1. The molecule has 0 spiro atoms. The van der Waals surface area contributed by atoms with Gasteiger partial charge < -0.3 is 20.6 Å². The molecule has 6 nitrogen and oxygen atoms in total. The van der Waals surface area contributed by atoms with E-state index in [2.05, 4.69) is 33.0 Å². The maximum Gasteiger partial charge on any atom is 0.303 e. The van der Waals surface area contributed by atoms with Crippen molar-refractivity contribution in [2.45, 2.75) is 219 Å². The minimum absolute atomic E-state index is 0.0774. The predicted molar refractivity (Wildman–Crippen MR) is 205 cm³/mol. The SMILES string of the molecule is CCCCCCCCCCCCCCCCCCCC(=O)N[C@H]1CCC2(C)C(C1)C[C@H](O)C1C2C[C@H](O)C2(C)C1CCC2[C@H](C)CCC(=O)O. The molecular weight excluding hydrogens is 622 g/mol. The lowest BCUT2D eigenvalue weighted by Gasteiger charge is -2.63. The summed E-state index contributed by atoms with van der Waals surface area (Å²) in [5, 5.41) is 36.2. The van der Waals surface area contributed by atoms with Crippen LogP contribution in [0.1, 0.15) is 201 Å². The summed E-state index contributed by atoms with van der Waals surface area (Å²) >= 11 is 0. The van der Waals surface area contributed by atoms with Crippen LogP contribution in [-0.4, -0.2) is 45.4 Å². The highest BCUT2D eigenvalue weighted by Crippen LogP contribution is 2.68. The fraction of sp³-hybridized carbons (Fsp3) is 0.955. The van der Waals surface area contributed by atoms with Crippen LogP contribution in [0.25, 0.3) is 0 Å². The fourth-order valence-electron chi connectivity index (χ4n) is 12.1. The molecule has 11 atom stereocenters. The molecular formula is C44H79NO5. The van der Waals surface area contributed by atoms with Gasteiger partial charge >= 0.3 is 5.97 Å². The van der Waals surface area contributed by atoms with Crippen LogP contribution in [0.2, 0.25) is 0 Å². The number of fused-ring (bicyclic) bond motifs is 5. The second kappa shape index (κ2) is 20.4. The van der Waals surface area contributed by atoms with Crippen molar-refractivity contribution in [3.05, 3.63) is 0 Å². The van der Waals surface area contributed by atoms with Gasteiger partial charge in [-0.2, -0.15) is 0 Å². The minimum atomic E-state index is -0.746. The quantitative estimate of drug-likeness (QED) is 0.0794. The summed E-state index contributed by atoms with van der Waals surface area (Å²) in [5.41, 5.74) is -0.186. The maximum absolute atomic E-state index is 13.0. The van der Waals surface area contributed by atoms with Gasteiger partial charge in [-0.3, -0.25) is 9.59 Å². The molecule has 0 heterocycles. The molecule has 0 aromatic rings. The Balaban J connectivity index is 1.10. The third kappa shape index (κ3) is 10.7. The first kappa shape index (κ1) is 41.6. The van der Waals surface area contributed by atoms with E-state index in [1.165, 1.54) is 96.3 Å². The fourth-order valence-corrected chi connectivity index (χ4v) is 12.1. The van der Waals surface area contributed by atoms with Crippen molar-refractivity contribution in [3.63, 3.8) is 0 Å². The number of aliphatic carboxylic acids is 1. The molecule has 4 fully saturated rings. The average molecular weight is 702 g/mol. The van der Waals surface area contributed by atoms with Gasteiger partial charge in [0, 0.05) is 18.9 Å². The van der Waals surface area contributed by atoms with E-state index in [4.69, 9.17) is 0 Å². The van der Waals surface area contributed by atoms with Gasteiger partial charge in [-0.25, -0.2) is 0 Å². The first-order valence-electron chi connectivity index (χ1n) is 21.9. The normalized spacial score (nSPS) is 35.6. The van der Waals surface area contributed by atoms with E-state index in [-0.39, 0.29) is 53.1 Å². The second-order valence-electron chi connectivity index (χ2n) is 18.5. The van der Waals surface area contributed by atoms with Crippen molar-refractivity contribution in [1.29, 1.82) is 0 Å². The molecule has 50 heavy (non-hydrogen) atoms. The van der Waals surface area contributed by atoms with Crippen LogP contribution in [0.15, 0.2) is 0 Å². The van der Waals surface area contributed by atoms with Crippen LogP contribution in [0, 0.1) is 46.3 Å². The summed E-state index contributed by atoms with van der Waals surface area (Å²) in [6, 6.07) is 0.194. The molecule has 4 N–H and O–H groups in total. The zero-order chi connectivity index (χ0) is 36.1. The van der Waals surface area contributed by atoms with Gasteiger partial charge in [-0.05, 0) is 104 Å². The average Bonchev–Trinajstić information content (AvgIpc) is 3.44. The number of carboxylic acid groups (broad SMARTS) is 1. The number of rotatable bonds is 23. The lowest BCUT2D eigenvalue weighted by atomic mass is 9.43. The highest BCUT2D eigenvalue weighted by Gasteiger charge is 2.65. The molecule has 4 saturated carbocycles. The Bertz CT molecular complexity index is 1020. The van der Waals surface area contributed by atoms with Crippen molar-refractivity contribution in [2.24, 2.45) is 46.3 Å². The molecule has 0 aromatic heterocycles. The molecule has 4 aliphatic carbocycles. The van der Waals surface area contributed by atoms with Crippen LogP contribution in [-0.2, 0) is 9.59 Å². The van der Waals surface area contributed by atoms with E-state index >= 15 is 0 Å². The van der Waals surface area contributed by atoms with E-state index in [1.54, 1.807) is 0 Å². The third-order valence-corrected chi connectivity index (χ3v) is 15.2. The van der Waals surface area contributed by atoms with Gasteiger partial charge in [0.25, 0.3) is 0 Å². The summed E-state index contributed by atoms with van der Waals surface area (Å²) in [7, 11) is 0. The van der Waals surface area contributed by atoms with Crippen LogP contribution in [0.3, 0.4) is 0 Å². The zero-order valence-electron chi connectivity index (χ0n) is 32.9. The van der Waals surface area contributed by atoms with Gasteiger partial charge in [0.15, 0.2) is 0 Å². The summed E-state index contributed by atoms with van der Waals surface area (Å²) in [4.78, 5) is 24.2. The smallest absolute Gasteiger partial charge is 0.303 e. The molecule has 290 valence electrons. The van der Waals surface area contributed by atoms with E-state index in [0.29, 0.717) is 30.6 Å². The van der Waals surface area contributed by atoms with Crippen molar-refractivity contribution >= 4 is 11.9 Å². The molecule has 0 radical (unpaired) electrons. The summed E-state index contributed by atoms with van der Waals surface area (Å²) < 4.78 is 0. The summed E-state index contributed by atoms with van der Waals surface area (Å²) in [6.07, 6.45) is 30.1. The largest absolute Gasteiger partial charge is 0.481 e. The number of nitrogens with one attached hydrogen (secondary N) is 1. The molecule has 0 saturated heterocycles. The molecule has 0 aromatic carbocycles. The highest BCUT2D eigenvalue weighted by atomic mass is 16.4. The molecule has 4 aliphatic rings. The number of aliphatic hydroxyl groups excluding tert-OH is 2. The topological polar surface area (TPSA) is 107 Å². The molecule has 1 amide bonds. The standard InChI is InChI=1S/C44H79NO5/c1-5-6-7-8-9-10-11-12-13-14-15-16-17-18-19-20-21-22-40(48)45-34-27-28-43(3)33(29-34)30-38(46)42-36-25-24-35(32(2)23-26-41(49)50)44(36,4)39(47)31-37(42)43/h32-39,42,46-47H,5-31H2,1-4H3,(H,45,48)(H,49,50)/t32-,33?,34+,35?,36?,37?,38+,39+,42?,43?,44?/m1/s1. The van der Waals surface area contributed by atoms with Crippen LogP contribution >= 0.6 is 0 Å². The first-order valence-corrected chi connectivity index (χ1v) is 21.9. The zero-order valence-corrected chi connectivity index (χ0v) is 32.9. The Morgan fingerprint density at radius 1 is 0.720 bits per heavy atom. The van der Waals surface area contributed by atoms with Gasteiger partial charge in [-0.15, -0.1) is 0 Å². The van der Waals surface area contributed by atoms with Gasteiger partial charge in [-0.1, -0.05) is 130 Å². The first-order chi connectivity index (χ1) is 24.0. The van der Waals surface area contributed by atoms with Crippen LogP contribution in [0.5, 0.6) is 0 Å². The number of carbonyl (C=O) groups is 2. The number of hydrogen-bond donors (Lipinski definition) is 4. The van der Waals surface area contributed by atoms with Gasteiger partial charge in [0.1, 0.15) is 0 Å². The molecule has 7 unspecified atom stereocenters. The molecule has 0 aliphatic heterocycles. The van der Waals surface area contributed by atoms with E-state index in [9.17, 15) is 24.9 Å². The molecule has 6 heteroatoms. The predicted octanol–water partition coefficient (Wildman–Crippen LogP) is 10.6. The Morgan fingerprint density at radius 3 is 1.84 bits per heavy atom. The number of unbranched alkanes of at least 4 members (excludes halogenated alkanes) is 16. The lowest BCUT2D eigenvalue weighted by Crippen LogP contribution is -2.63. The van der Waals surface area contributed by atoms with E-state index in [0.717, 1.165) is 57.8 Å². The van der Waals surface area contributed by atoms with E-state index in [1.807, 2.05) is 0 Å². The van der Waals surface area contributed by atoms with Crippen LogP contribution < -0.4 is 5.32 Å². The van der Waals surface area contributed by atoms with Crippen LogP contribution in [0.4, 0.5) is 0 Å². The van der Waals surface area contributed by atoms with Crippen molar-refractivity contribution < 1.29 is 24.9 Å². The second-order valence-corrected chi connectivity index (χ2v) is 18.5. The maximum atomic E-state index is 13.0. The van der Waals surface area contributed by atoms with Gasteiger partial charge in [0.2, 0.25) is 5.91 Å². The number of amides is 1. The van der Waals surface area contributed by atoms with Gasteiger partial charge in [0.05, 0.1) is 12.2 Å².